The third-order valence-electron chi connectivity index (χ3n) is 3.56. The summed E-state index contributed by atoms with van der Waals surface area (Å²) >= 11 is 0. The molecule has 0 spiro atoms. The van der Waals surface area contributed by atoms with Crippen molar-refractivity contribution in [2.24, 2.45) is 0 Å². The molecule has 0 saturated carbocycles. The first-order chi connectivity index (χ1) is 8.38. The molecule has 88 valence electrons. The summed E-state index contributed by atoms with van der Waals surface area (Å²) in [6, 6.07) is 6.41. The number of hydrogen-bond acceptors (Lipinski definition) is 2. The SMILES string of the molecule is COc1ccc2c(c1)C(c1cnc[nH]1)CCC2. The molecule has 17 heavy (non-hydrogen) atoms. The van der Waals surface area contributed by atoms with Crippen molar-refractivity contribution in [1.29, 1.82) is 0 Å². The van der Waals surface area contributed by atoms with Crippen LogP contribution in [0, 0.1) is 0 Å². The number of imidazole rings is 1. The van der Waals surface area contributed by atoms with Crippen LogP contribution < -0.4 is 4.74 Å². The van der Waals surface area contributed by atoms with Crippen molar-refractivity contribution in [3.63, 3.8) is 0 Å². The fraction of sp³-hybridized carbons (Fsp3) is 0.357. The van der Waals surface area contributed by atoms with E-state index in [0.717, 1.165) is 5.75 Å². The van der Waals surface area contributed by atoms with Crippen LogP contribution in [-0.2, 0) is 6.42 Å². The lowest BCUT2D eigenvalue weighted by Crippen LogP contribution is -2.11. The van der Waals surface area contributed by atoms with E-state index in [-0.39, 0.29) is 0 Å². The van der Waals surface area contributed by atoms with E-state index in [1.165, 1.54) is 36.1 Å². The average Bonchev–Trinajstić information content (AvgIpc) is 2.91. The molecule has 0 aliphatic heterocycles. The van der Waals surface area contributed by atoms with Crippen molar-refractivity contribution in [3.8, 4) is 5.75 Å². The smallest absolute Gasteiger partial charge is 0.119 e. The first-order valence-corrected chi connectivity index (χ1v) is 6.03. The van der Waals surface area contributed by atoms with Gasteiger partial charge in [0, 0.05) is 17.8 Å². The second-order valence-corrected chi connectivity index (χ2v) is 4.52. The maximum atomic E-state index is 5.32. The number of aryl methyl sites for hydroxylation is 1. The Bertz CT molecular complexity index is 505. The topological polar surface area (TPSA) is 37.9 Å². The van der Waals surface area contributed by atoms with Crippen LogP contribution >= 0.6 is 0 Å². The van der Waals surface area contributed by atoms with E-state index in [9.17, 15) is 0 Å². The van der Waals surface area contributed by atoms with Gasteiger partial charge in [-0.1, -0.05) is 6.07 Å². The van der Waals surface area contributed by atoms with Crippen LogP contribution in [0.5, 0.6) is 5.75 Å². The van der Waals surface area contributed by atoms with Gasteiger partial charge in [-0.3, -0.25) is 0 Å². The van der Waals surface area contributed by atoms with E-state index in [1.54, 1.807) is 13.4 Å². The maximum absolute atomic E-state index is 5.32. The van der Waals surface area contributed by atoms with Gasteiger partial charge in [0.15, 0.2) is 0 Å². The van der Waals surface area contributed by atoms with Crippen LogP contribution in [-0.4, -0.2) is 17.1 Å². The van der Waals surface area contributed by atoms with Crippen LogP contribution in [0.4, 0.5) is 0 Å². The Hall–Kier alpha value is -1.77. The van der Waals surface area contributed by atoms with Gasteiger partial charge in [-0.2, -0.15) is 0 Å². The lowest BCUT2D eigenvalue weighted by atomic mass is 9.81. The average molecular weight is 228 g/mol. The highest BCUT2D eigenvalue weighted by Gasteiger charge is 2.23. The molecular weight excluding hydrogens is 212 g/mol. The zero-order valence-corrected chi connectivity index (χ0v) is 9.94. The second kappa shape index (κ2) is 4.24. The van der Waals surface area contributed by atoms with Gasteiger partial charge in [0.05, 0.1) is 13.4 Å². The molecule has 2 aromatic rings. The molecule has 1 aliphatic carbocycles. The minimum atomic E-state index is 0.441. The molecular formula is C14H16N2O. The molecule has 1 aromatic carbocycles. The Labute approximate surface area is 101 Å². The summed E-state index contributed by atoms with van der Waals surface area (Å²) in [5.41, 5.74) is 4.04. The molecule has 1 atom stereocenters. The number of ether oxygens (including phenoxy) is 1. The van der Waals surface area contributed by atoms with Crippen LogP contribution in [0.15, 0.2) is 30.7 Å². The lowest BCUT2D eigenvalue weighted by Gasteiger charge is -2.25. The summed E-state index contributed by atoms with van der Waals surface area (Å²) in [5.74, 6) is 1.38. The number of methoxy groups -OCH3 is 1. The Morgan fingerprint density at radius 2 is 2.35 bits per heavy atom. The molecule has 0 fully saturated rings. The summed E-state index contributed by atoms with van der Waals surface area (Å²) < 4.78 is 5.32. The Balaban J connectivity index is 2.06. The maximum Gasteiger partial charge on any atom is 0.119 e. The summed E-state index contributed by atoms with van der Waals surface area (Å²) in [6.07, 6.45) is 7.28. The van der Waals surface area contributed by atoms with Crippen LogP contribution in [0.3, 0.4) is 0 Å². The van der Waals surface area contributed by atoms with Crippen molar-refractivity contribution in [3.05, 3.63) is 47.5 Å². The van der Waals surface area contributed by atoms with Gasteiger partial charge < -0.3 is 9.72 Å². The van der Waals surface area contributed by atoms with Crippen molar-refractivity contribution in [2.45, 2.75) is 25.2 Å². The van der Waals surface area contributed by atoms with Crippen molar-refractivity contribution < 1.29 is 4.74 Å². The van der Waals surface area contributed by atoms with Gasteiger partial charge in [-0.15, -0.1) is 0 Å². The third-order valence-corrected chi connectivity index (χ3v) is 3.56. The number of aromatic amines is 1. The van der Waals surface area contributed by atoms with Gasteiger partial charge in [0.1, 0.15) is 5.75 Å². The predicted octanol–water partition coefficient (Wildman–Crippen LogP) is 2.89. The van der Waals surface area contributed by atoms with Gasteiger partial charge in [-0.25, -0.2) is 4.98 Å². The number of hydrogen-bond donors (Lipinski definition) is 1. The Kier molecular flexibility index (Phi) is 2.59. The van der Waals surface area contributed by atoms with Gasteiger partial charge in [0.2, 0.25) is 0 Å². The molecule has 1 N–H and O–H groups in total. The zero-order valence-electron chi connectivity index (χ0n) is 9.94. The standard InChI is InChI=1S/C14H16N2O/c1-17-11-6-5-10-3-2-4-12(13(10)7-11)14-8-15-9-16-14/h5-9,12H,2-4H2,1H3,(H,15,16). The molecule has 1 aliphatic rings. The normalized spacial score (nSPS) is 18.8. The van der Waals surface area contributed by atoms with Crippen molar-refractivity contribution in [1.82, 2.24) is 9.97 Å². The van der Waals surface area contributed by atoms with E-state index >= 15 is 0 Å². The minimum Gasteiger partial charge on any atom is -0.497 e. The predicted molar refractivity (Wildman–Crippen MR) is 66.4 cm³/mol. The summed E-state index contributed by atoms with van der Waals surface area (Å²) in [5, 5.41) is 0. The lowest BCUT2D eigenvalue weighted by molar-refractivity contribution is 0.413. The summed E-state index contributed by atoms with van der Waals surface area (Å²) in [6.45, 7) is 0. The minimum absolute atomic E-state index is 0.441. The summed E-state index contributed by atoms with van der Waals surface area (Å²) in [7, 11) is 1.72. The molecule has 1 aromatic heterocycles. The second-order valence-electron chi connectivity index (χ2n) is 4.52. The molecule has 3 heteroatoms. The molecule has 0 amide bonds. The quantitative estimate of drug-likeness (QED) is 0.858. The zero-order chi connectivity index (χ0) is 11.7. The van der Waals surface area contributed by atoms with E-state index in [1.807, 2.05) is 12.3 Å². The van der Waals surface area contributed by atoms with Crippen LogP contribution in [0.25, 0.3) is 0 Å². The first kappa shape index (κ1) is 10.4. The monoisotopic (exact) mass is 228 g/mol. The first-order valence-electron chi connectivity index (χ1n) is 6.03. The van der Waals surface area contributed by atoms with Crippen molar-refractivity contribution in [2.75, 3.05) is 7.11 Å². The fourth-order valence-electron chi connectivity index (χ4n) is 2.68. The van der Waals surface area contributed by atoms with Gasteiger partial charge >= 0.3 is 0 Å². The third kappa shape index (κ3) is 1.82. The number of nitrogens with zero attached hydrogens (tertiary/aromatic N) is 1. The van der Waals surface area contributed by atoms with E-state index in [0.29, 0.717) is 5.92 Å². The number of rotatable bonds is 2. The van der Waals surface area contributed by atoms with Gasteiger partial charge in [-0.05, 0) is 42.5 Å². The molecule has 0 radical (unpaired) electrons. The molecule has 1 heterocycles. The van der Waals surface area contributed by atoms with E-state index in [4.69, 9.17) is 4.74 Å². The molecule has 3 rings (SSSR count). The molecule has 0 bridgehead atoms. The van der Waals surface area contributed by atoms with E-state index in [2.05, 4.69) is 22.1 Å². The molecule has 1 unspecified atom stereocenters. The Morgan fingerprint density at radius 1 is 1.41 bits per heavy atom. The highest BCUT2D eigenvalue weighted by molar-refractivity contribution is 5.42. The fourth-order valence-corrected chi connectivity index (χ4v) is 2.68. The highest BCUT2D eigenvalue weighted by Crippen LogP contribution is 2.37. The largest absolute Gasteiger partial charge is 0.497 e. The number of H-pyrrole nitrogens is 1. The molecule has 0 saturated heterocycles. The number of nitrogens with one attached hydrogen (secondary N) is 1. The van der Waals surface area contributed by atoms with Crippen LogP contribution in [0.2, 0.25) is 0 Å². The molecule has 3 nitrogen and oxygen atoms in total. The number of fused-ring (bicyclic) bond motifs is 1. The van der Waals surface area contributed by atoms with E-state index < -0.39 is 0 Å². The van der Waals surface area contributed by atoms with Crippen molar-refractivity contribution >= 4 is 0 Å². The number of benzene rings is 1. The summed E-state index contributed by atoms with van der Waals surface area (Å²) in [4.78, 5) is 7.36. The highest BCUT2D eigenvalue weighted by atomic mass is 16.5. The van der Waals surface area contributed by atoms with Crippen LogP contribution in [0.1, 0.15) is 35.6 Å². The van der Waals surface area contributed by atoms with Gasteiger partial charge in [0.25, 0.3) is 0 Å². The number of aromatic nitrogens is 2. The Morgan fingerprint density at radius 3 is 3.12 bits per heavy atom.